The van der Waals surface area contributed by atoms with Gasteiger partial charge in [0.1, 0.15) is 18.4 Å². The van der Waals surface area contributed by atoms with Crippen LogP contribution in [0, 0.1) is 5.82 Å². The number of nitrogens with zero attached hydrogens (tertiary/aromatic N) is 5. The van der Waals surface area contributed by atoms with Crippen LogP contribution < -0.4 is 14.8 Å². The lowest BCUT2D eigenvalue weighted by Gasteiger charge is -2.31. The van der Waals surface area contributed by atoms with Gasteiger partial charge in [-0.15, -0.1) is 10.2 Å². The van der Waals surface area contributed by atoms with Gasteiger partial charge in [0.15, 0.2) is 11.5 Å². The first-order chi connectivity index (χ1) is 20.4. The maximum Gasteiger partial charge on any atom is 0.247 e. The molecule has 3 aromatic rings. The number of nitrogens with one attached hydrogen (secondary N) is 1. The Morgan fingerprint density at radius 3 is 2.64 bits per heavy atom. The lowest BCUT2D eigenvalue weighted by molar-refractivity contribution is -0.142. The third-order valence-corrected chi connectivity index (χ3v) is 6.86. The zero-order chi connectivity index (χ0) is 29.9. The SMILES string of the molecule is CCOCCCN(C(=O)Cn1nnc(-c2ccc(OC)c(OC)c2)n1)[C@H](C(=O)NC[C@H]1CCCO1)c1ccc(F)cc1. The summed E-state index contributed by atoms with van der Waals surface area (Å²) in [5.41, 5.74) is 1.10. The molecule has 1 aliphatic rings. The first-order valence-corrected chi connectivity index (χ1v) is 14.0. The van der Waals surface area contributed by atoms with Crippen molar-refractivity contribution in [2.75, 3.05) is 47.1 Å². The number of amides is 2. The largest absolute Gasteiger partial charge is 0.493 e. The number of hydrogen-bond acceptors (Lipinski definition) is 9. The highest BCUT2D eigenvalue weighted by atomic mass is 19.1. The van der Waals surface area contributed by atoms with Gasteiger partial charge in [0, 0.05) is 38.5 Å². The molecule has 0 unspecified atom stereocenters. The second-order valence-electron chi connectivity index (χ2n) is 9.69. The zero-order valence-corrected chi connectivity index (χ0v) is 24.1. The van der Waals surface area contributed by atoms with Crippen LogP contribution in [0.5, 0.6) is 11.5 Å². The normalized spacial score (nSPS) is 15.3. The minimum atomic E-state index is -1.02. The third kappa shape index (κ3) is 8.01. The number of carbonyl (C=O) groups excluding carboxylic acids is 2. The summed E-state index contributed by atoms with van der Waals surface area (Å²) in [6.45, 7) is 3.72. The molecule has 2 heterocycles. The molecular formula is C29H37FN6O6. The topological polar surface area (TPSA) is 130 Å². The summed E-state index contributed by atoms with van der Waals surface area (Å²) in [6, 6.07) is 9.74. The second-order valence-corrected chi connectivity index (χ2v) is 9.69. The molecule has 0 radical (unpaired) electrons. The molecule has 0 aliphatic carbocycles. The summed E-state index contributed by atoms with van der Waals surface area (Å²) in [4.78, 5) is 30.0. The highest BCUT2D eigenvalue weighted by Crippen LogP contribution is 2.31. The number of carbonyl (C=O) groups is 2. The molecule has 2 amide bonds. The molecule has 0 saturated carbocycles. The van der Waals surface area contributed by atoms with Gasteiger partial charge in [-0.05, 0) is 67.3 Å². The van der Waals surface area contributed by atoms with Crippen LogP contribution in [0.25, 0.3) is 11.4 Å². The maximum absolute atomic E-state index is 13.8. The van der Waals surface area contributed by atoms with Gasteiger partial charge in [0.2, 0.25) is 17.6 Å². The second kappa shape index (κ2) is 15.2. The van der Waals surface area contributed by atoms with Crippen LogP contribution >= 0.6 is 0 Å². The van der Waals surface area contributed by atoms with E-state index in [1.807, 2.05) is 6.92 Å². The Morgan fingerprint density at radius 2 is 1.95 bits per heavy atom. The lowest BCUT2D eigenvalue weighted by Crippen LogP contribution is -2.47. The molecule has 0 spiro atoms. The summed E-state index contributed by atoms with van der Waals surface area (Å²) in [5.74, 6) is 0.0935. The van der Waals surface area contributed by atoms with Gasteiger partial charge in [-0.2, -0.15) is 4.80 Å². The summed E-state index contributed by atoms with van der Waals surface area (Å²) < 4.78 is 35.6. The van der Waals surface area contributed by atoms with Gasteiger partial charge < -0.3 is 29.2 Å². The van der Waals surface area contributed by atoms with E-state index in [0.717, 1.165) is 12.8 Å². The van der Waals surface area contributed by atoms with Gasteiger partial charge in [-0.3, -0.25) is 9.59 Å². The van der Waals surface area contributed by atoms with E-state index in [9.17, 15) is 14.0 Å². The number of benzene rings is 2. The van der Waals surface area contributed by atoms with Gasteiger partial charge in [-0.1, -0.05) is 12.1 Å². The van der Waals surface area contributed by atoms with Gasteiger partial charge in [-0.25, -0.2) is 4.39 Å². The summed E-state index contributed by atoms with van der Waals surface area (Å²) in [6.07, 6.45) is 2.18. The van der Waals surface area contributed by atoms with Crippen LogP contribution in [0.1, 0.15) is 37.8 Å². The molecular weight excluding hydrogens is 547 g/mol. The highest BCUT2D eigenvalue weighted by molar-refractivity contribution is 5.88. The van der Waals surface area contributed by atoms with E-state index >= 15 is 0 Å². The Balaban J connectivity index is 1.57. The monoisotopic (exact) mass is 584 g/mol. The molecule has 2 atom stereocenters. The van der Waals surface area contributed by atoms with Crippen LogP contribution in [0.2, 0.25) is 0 Å². The van der Waals surface area contributed by atoms with E-state index in [1.54, 1.807) is 25.3 Å². The summed E-state index contributed by atoms with van der Waals surface area (Å²) >= 11 is 0. The molecule has 1 aromatic heterocycles. The van der Waals surface area contributed by atoms with Crippen LogP contribution in [0.15, 0.2) is 42.5 Å². The third-order valence-electron chi connectivity index (χ3n) is 6.86. The summed E-state index contributed by atoms with van der Waals surface area (Å²) in [7, 11) is 3.07. The number of hydrogen-bond donors (Lipinski definition) is 1. The van der Waals surface area contributed by atoms with Crippen molar-refractivity contribution in [3.05, 3.63) is 53.8 Å². The van der Waals surface area contributed by atoms with Crippen LogP contribution in [0.4, 0.5) is 4.39 Å². The van der Waals surface area contributed by atoms with Crippen LogP contribution in [-0.4, -0.2) is 90.2 Å². The molecule has 0 bridgehead atoms. The van der Waals surface area contributed by atoms with Gasteiger partial charge in [0.05, 0.1) is 20.3 Å². The Morgan fingerprint density at radius 1 is 1.17 bits per heavy atom. The van der Waals surface area contributed by atoms with Gasteiger partial charge in [0.25, 0.3) is 0 Å². The Labute approximate surface area is 244 Å². The number of methoxy groups -OCH3 is 2. The smallest absolute Gasteiger partial charge is 0.247 e. The quantitative estimate of drug-likeness (QED) is 0.268. The van der Waals surface area contributed by atoms with Crippen molar-refractivity contribution in [1.82, 2.24) is 30.4 Å². The van der Waals surface area contributed by atoms with Crippen molar-refractivity contribution in [2.45, 2.75) is 44.9 Å². The number of ether oxygens (including phenoxy) is 4. The van der Waals surface area contributed by atoms with Crippen molar-refractivity contribution < 1.29 is 32.9 Å². The fourth-order valence-electron chi connectivity index (χ4n) is 4.73. The van der Waals surface area contributed by atoms with E-state index in [2.05, 4.69) is 20.7 Å². The van der Waals surface area contributed by atoms with Crippen molar-refractivity contribution in [3.63, 3.8) is 0 Å². The molecule has 13 heteroatoms. The minimum absolute atomic E-state index is 0.0840. The Bertz CT molecular complexity index is 1310. The minimum Gasteiger partial charge on any atom is -0.493 e. The lowest BCUT2D eigenvalue weighted by atomic mass is 10.0. The average Bonchev–Trinajstić information content (AvgIpc) is 3.70. The van der Waals surface area contributed by atoms with E-state index in [-0.39, 0.29) is 30.9 Å². The summed E-state index contributed by atoms with van der Waals surface area (Å²) in [5, 5.41) is 15.5. The molecule has 1 saturated heterocycles. The van der Waals surface area contributed by atoms with Gasteiger partial charge >= 0.3 is 0 Å². The molecule has 4 rings (SSSR count). The highest BCUT2D eigenvalue weighted by Gasteiger charge is 2.32. The first-order valence-electron chi connectivity index (χ1n) is 14.0. The fraction of sp³-hybridized carbons (Fsp3) is 0.483. The van der Waals surface area contributed by atoms with Crippen molar-refractivity contribution >= 4 is 11.8 Å². The average molecular weight is 585 g/mol. The number of aromatic nitrogens is 4. The molecule has 2 aromatic carbocycles. The van der Waals surface area contributed by atoms with E-state index in [1.165, 1.54) is 41.1 Å². The standard InChI is InChI=1S/C29H37FN6O6/c1-4-41-15-6-14-35(27(20-8-11-22(30)12-9-20)29(38)31-18-23-7-5-16-42-23)26(37)19-36-33-28(32-34-36)21-10-13-24(39-2)25(17-21)40-3/h8-13,17,23,27H,4-7,14-16,18-19H2,1-3H3,(H,31,38)/t23-,27+/m1/s1. The Hall–Kier alpha value is -4.10. The van der Waals surface area contributed by atoms with E-state index < -0.39 is 17.8 Å². The fourth-order valence-corrected chi connectivity index (χ4v) is 4.73. The number of rotatable bonds is 15. The molecule has 226 valence electrons. The first kappa shape index (κ1) is 30.8. The van der Waals surface area contributed by atoms with Crippen molar-refractivity contribution in [3.8, 4) is 22.9 Å². The zero-order valence-electron chi connectivity index (χ0n) is 24.1. The molecule has 1 N–H and O–H groups in total. The van der Waals surface area contributed by atoms with E-state index in [4.69, 9.17) is 18.9 Å². The molecule has 12 nitrogen and oxygen atoms in total. The Kier molecular flexibility index (Phi) is 11.2. The van der Waals surface area contributed by atoms with Crippen LogP contribution in [-0.2, 0) is 25.6 Å². The molecule has 42 heavy (non-hydrogen) atoms. The molecule has 1 fully saturated rings. The number of tetrazole rings is 1. The maximum atomic E-state index is 13.8. The molecule has 1 aliphatic heterocycles. The number of halogens is 1. The predicted octanol–water partition coefficient (Wildman–Crippen LogP) is 2.79. The van der Waals surface area contributed by atoms with E-state index in [0.29, 0.717) is 55.4 Å². The van der Waals surface area contributed by atoms with Crippen LogP contribution in [0.3, 0.4) is 0 Å². The predicted molar refractivity (Wildman–Crippen MR) is 150 cm³/mol. The van der Waals surface area contributed by atoms with Crippen molar-refractivity contribution in [1.29, 1.82) is 0 Å². The van der Waals surface area contributed by atoms with Crippen molar-refractivity contribution in [2.24, 2.45) is 0 Å².